The lowest BCUT2D eigenvalue weighted by molar-refractivity contribution is -0.384. The van der Waals surface area contributed by atoms with E-state index in [2.05, 4.69) is 21.7 Å². The summed E-state index contributed by atoms with van der Waals surface area (Å²) in [5, 5.41) is 15.9. The fourth-order valence-corrected chi connectivity index (χ4v) is 4.03. The van der Waals surface area contributed by atoms with Crippen molar-refractivity contribution in [3.05, 3.63) is 62.3 Å². The van der Waals surface area contributed by atoms with Crippen LogP contribution in [0.1, 0.15) is 40.5 Å². The maximum absolute atomic E-state index is 12.4. The highest BCUT2D eigenvalue weighted by atomic mass is 32.1. The van der Waals surface area contributed by atoms with Gasteiger partial charge in [0.25, 0.3) is 11.6 Å². The topological polar surface area (TPSA) is 75.5 Å². The molecule has 0 spiro atoms. The van der Waals surface area contributed by atoms with Crippen molar-refractivity contribution in [3.63, 3.8) is 0 Å². The molecule has 1 atom stereocenters. The van der Waals surface area contributed by atoms with Crippen LogP contribution < -0.4 is 5.32 Å². The second-order valence-corrected chi connectivity index (χ2v) is 7.12. The Bertz CT molecular complexity index is 727. The van der Waals surface area contributed by atoms with Gasteiger partial charge in [-0.15, -0.1) is 11.3 Å². The van der Waals surface area contributed by atoms with E-state index in [1.54, 1.807) is 17.4 Å². The first kappa shape index (κ1) is 17.6. The summed E-state index contributed by atoms with van der Waals surface area (Å²) in [5.41, 5.74) is 0.247. The van der Waals surface area contributed by atoms with Gasteiger partial charge in [-0.1, -0.05) is 18.6 Å². The molecule has 0 unspecified atom stereocenters. The Morgan fingerprint density at radius 2 is 2.04 bits per heavy atom. The lowest BCUT2D eigenvalue weighted by Gasteiger charge is -2.34. The number of thiophene rings is 1. The third-order valence-electron chi connectivity index (χ3n) is 4.48. The number of nitro benzene ring substituents is 1. The molecule has 1 aliphatic rings. The van der Waals surface area contributed by atoms with Gasteiger partial charge in [0.2, 0.25) is 0 Å². The molecule has 1 aliphatic heterocycles. The molecule has 1 aromatic heterocycles. The molecule has 2 aromatic rings. The average molecular weight is 359 g/mol. The molecule has 25 heavy (non-hydrogen) atoms. The number of piperidine rings is 1. The highest BCUT2D eigenvalue weighted by Crippen LogP contribution is 2.27. The minimum Gasteiger partial charge on any atom is -0.350 e. The monoisotopic (exact) mass is 359 g/mol. The molecule has 0 bridgehead atoms. The van der Waals surface area contributed by atoms with Crippen molar-refractivity contribution < 1.29 is 9.72 Å². The minimum absolute atomic E-state index is 0.0708. The lowest BCUT2D eigenvalue weighted by atomic mass is 10.1. The molecule has 0 radical (unpaired) electrons. The molecular weight excluding hydrogens is 338 g/mol. The number of amides is 1. The van der Waals surface area contributed by atoms with Crippen LogP contribution in [0.3, 0.4) is 0 Å². The van der Waals surface area contributed by atoms with Crippen LogP contribution in [0, 0.1) is 10.1 Å². The maximum atomic E-state index is 12.4. The Kier molecular flexibility index (Phi) is 5.78. The van der Waals surface area contributed by atoms with Gasteiger partial charge in [0.05, 0.1) is 11.0 Å². The van der Waals surface area contributed by atoms with E-state index in [1.165, 1.54) is 42.3 Å². The number of benzene rings is 1. The number of hydrogen-bond donors (Lipinski definition) is 1. The third kappa shape index (κ3) is 4.43. The molecular formula is C18H21N3O3S. The Hall–Kier alpha value is -2.25. The summed E-state index contributed by atoms with van der Waals surface area (Å²) >= 11 is 1.70. The van der Waals surface area contributed by atoms with Gasteiger partial charge in [0, 0.05) is 29.1 Å². The maximum Gasteiger partial charge on any atom is 0.270 e. The van der Waals surface area contributed by atoms with E-state index >= 15 is 0 Å². The van der Waals surface area contributed by atoms with Gasteiger partial charge in [-0.25, -0.2) is 0 Å². The van der Waals surface area contributed by atoms with E-state index < -0.39 is 4.92 Å². The zero-order chi connectivity index (χ0) is 17.6. The van der Waals surface area contributed by atoms with Crippen LogP contribution in [0.25, 0.3) is 0 Å². The van der Waals surface area contributed by atoms with Gasteiger partial charge >= 0.3 is 0 Å². The van der Waals surface area contributed by atoms with Crippen LogP contribution >= 0.6 is 11.3 Å². The van der Waals surface area contributed by atoms with Crippen LogP contribution in [-0.2, 0) is 0 Å². The van der Waals surface area contributed by atoms with Gasteiger partial charge in [0.15, 0.2) is 0 Å². The molecule has 1 N–H and O–H groups in total. The van der Waals surface area contributed by atoms with Crippen LogP contribution in [0.2, 0.25) is 0 Å². The molecule has 1 saturated heterocycles. The van der Waals surface area contributed by atoms with Crippen molar-refractivity contribution in [1.29, 1.82) is 0 Å². The van der Waals surface area contributed by atoms with Gasteiger partial charge in [-0.2, -0.15) is 0 Å². The normalized spacial score (nSPS) is 16.3. The summed E-state index contributed by atoms with van der Waals surface area (Å²) in [6, 6.07) is 10.1. The lowest BCUT2D eigenvalue weighted by Crippen LogP contribution is -2.40. The molecule has 132 valence electrons. The fraction of sp³-hybridized carbons (Fsp3) is 0.389. The first-order valence-corrected chi connectivity index (χ1v) is 9.33. The highest BCUT2D eigenvalue weighted by Gasteiger charge is 2.24. The van der Waals surface area contributed by atoms with E-state index in [4.69, 9.17) is 0 Å². The highest BCUT2D eigenvalue weighted by molar-refractivity contribution is 7.10. The summed E-state index contributed by atoms with van der Waals surface area (Å²) in [7, 11) is 0. The Labute approximate surface area is 150 Å². The summed E-state index contributed by atoms with van der Waals surface area (Å²) in [4.78, 5) is 26.5. The fourth-order valence-electron chi connectivity index (χ4n) is 3.17. The largest absolute Gasteiger partial charge is 0.350 e. The Morgan fingerprint density at radius 3 is 2.72 bits per heavy atom. The predicted molar refractivity (Wildman–Crippen MR) is 97.9 cm³/mol. The second-order valence-electron chi connectivity index (χ2n) is 6.15. The van der Waals surface area contributed by atoms with Crippen LogP contribution in [-0.4, -0.2) is 35.4 Å². The number of nitro groups is 1. The second kappa shape index (κ2) is 8.22. The number of hydrogen-bond acceptors (Lipinski definition) is 5. The van der Waals surface area contributed by atoms with Crippen molar-refractivity contribution in [2.24, 2.45) is 0 Å². The van der Waals surface area contributed by atoms with Crippen molar-refractivity contribution in [1.82, 2.24) is 10.2 Å². The first-order valence-electron chi connectivity index (χ1n) is 8.45. The third-order valence-corrected chi connectivity index (χ3v) is 5.45. The molecule has 0 aliphatic carbocycles. The van der Waals surface area contributed by atoms with Gasteiger partial charge < -0.3 is 5.32 Å². The SMILES string of the molecule is O=C(NC[C@@H](c1cccs1)N1CCCCC1)c1cccc([N+](=O)[O-])c1. The number of carbonyl (C=O) groups is 1. The van der Waals surface area contributed by atoms with E-state index in [-0.39, 0.29) is 17.6 Å². The summed E-state index contributed by atoms with van der Waals surface area (Å²) in [6.07, 6.45) is 3.62. The van der Waals surface area contributed by atoms with Crippen molar-refractivity contribution in [2.45, 2.75) is 25.3 Å². The van der Waals surface area contributed by atoms with E-state index in [0.29, 0.717) is 12.1 Å². The smallest absolute Gasteiger partial charge is 0.270 e. The van der Waals surface area contributed by atoms with E-state index in [9.17, 15) is 14.9 Å². The first-order chi connectivity index (χ1) is 12.1. The Morgan fingerprint density at radius 1 is 1.24 bits per heavy atom. The Balaban J connectivity index is 1.69. The quantitative estimate of drug-likeness (QED) is 0.631. The van der Waals surface area contributed by atoms with Gasteiger partial charge in [-0.05, 0) is 43.4 Å². The summed E-state index contributed by atoms with van der Waals surface area (Å²) in [5.74, 6) is -0.276. The van der Waals surface area contributed by atoms with Crippen LogP contribution in [0.5, 0.6) is 0 Å². The molecule has 2 heterocycles. The molecule has 1 amide bonds. The van der Waals surface area contributed by atoms with Crippen LogP contribution in [0.15, 0.2) is 41.8 Å². The van der Waals surface area contributed by atoms with Crippen molar-refractivity contribution >= 4 is 22.9 Å². The molecule has 1 aromatic carbocycles. The number of nitrogens with zero attached hydrogens (tertiary/aromatic N) is 2. The average Bonchev–Trinajstić information content (AvgIpc) is 3.17. The number of rotatable bonds is 6. The predicted octanol–water partition coefficient (Wildman–Crippen LogP) is 3.61. The zero-order valence-electron chi connectivity index (χ0n) is 13.9. The number of non-ortho nitro benzene ring substituents is 1. The number of carbonyl (C=O) groups excluding carboxylic acids is 1. The molecule has 6 nitrogen and oxygen atoms in total. The van der Waals surface area contributed by atoms with E-state index in [1.807, 2.05) is 6.07 Å². The molecule has 3 rings (SSSR count). The summed E-state index contributed by atoms with van der Waals surface area (Å²) < 4.78 is 0. The van der Waals surface area contributed by atoms with Gasteiger partial charge in [0.1, 0.15) is 0 Å². The number of likely N-dealkylation sites (tertiary alicyclic amines) is 1. The standard InChI is InChI=1S/C18H21N3O3S/c22-18(14-6-4-7-15(12-14)21(23)24)19-13-16(17-8-5-11-25-17)20-9-2-1-3-10-20/h4-8,11-12,16H,1-3,9-10,13H2,(H,19,22)/t16-/m0/s1. The van der Waals surface area contributed by atoms with Crippen molar-refractivity contribution in [2.75, 3.05) is 19.6 Å². The van der Waals surface area contributed by atoms with Crippen LogP contribution in [0.4, 0.5) is 5.69 Å². The molecule has 1 fully saturated rings. The molecule has 0 saturated carbocycles. The van der Waals surface area contributed by atoms with Crippen molar-refractivity contribution in [3.8, 4) is 0 Å². The summed E-state index contributed by atoms with van der Waals surface area (Å²) in [6.45, 7) is 2.58. The zero-order valence-corrected chi connectivity index (χ0v) is 14.7. The van der Waals surface area contributed by atoms with E-state index in [0.717, 1.165) is 13.1 Å². The van der Waals surface area contributed by atoms with Gasteiger partial charge in [-0.3, -0.25) is 19.8 Å². The minimum atomic E-state index is -0.487. The number of nitrogens with one attached hydrogen (secondary N) is 1. The molecule has 7 heteroatoms.